The SMILES string of the molecule is CCc1ccc(S(=O)(=O)N2C[C@H](O)C[C@@H]2C(=O)O)s1. The van der Waals surface area contributed by atoms with Crippen molar-refractivity contribution in [3.8, 4) is 0 Å². The van der Waals surface area contributed by atoms with E-state index in [4.69, 9.17) is 5.11 Å². The molecule has 1 aromatic rings. The van der Waals surface area contributed by atoms with Crippen LogP contribution in [0.5, 0.6) is 0 Å². The summed E-state index contributed by atoms with van der Waals surface area (Å²) in [4.78, 5) is 12.0. The molecule has 2 atom stereocenters. The number of hydrogen-bond acceptors (Lipinski definition) is 5. The van der Waals surface area contributed by atoms with Crippen molar-refractivity contribution in [2.24, 2.45) is 0 Å². The molecule has 0 spiro atoms. The Bertz CT molecular complexity index is 580. The summed E-state index contributed by atoms with van der Waals surface area (Å²) >= 11 is 1.14. The first-order valence-corrected chi connectivity index (χ1v) is 8.13. The Morgan fingerprint density at radius 2 is 2.21 bits per heavy atom. The summed E-state index contributed by atoms with van der Waals surface area (Å²) in [6.45, 7) is 1.75. The fourth-order valence-electron chi connectivity index (χ4n) is 2.08. The van der Waals surface area contributed by atoms with Gasteiger partial charge in [0.05, 0.1) is 6.10 Å². The van der Waals surface area contributed by atoms with Crippen molar-refractivity contribution >= 4 is 27.3 Å². The average molecular weight is 305 g/mol. The van der Waals surface area contributed by atoms with Crippen molar-refractivity contribution in [1.82, 2.24) is 4.31 Å². The number of rotatable bonds is 4. The molecule has 1 saturated heterocycles. The molecule has 2 N–H and O–H groups in total. The Labute approximate surface area is 115 Å². The molecule has 0 bridgehead atoms. The van der Waals surface area contributed by atoms with E-state index < -0.39 is 28.1 Å². The zero-order chi connectivity index (χ0) is 14.2. The van der Waals surface area contributed by atoms with Crippen molar-refractivity contribution < 1.29 is 23.4 Å². The van der Waals surface area contributed by atoms with Gasteiger partial charge in [-0.3, -0.25) is 4.79 Å². The van der Waals surface area contributed by atoms with E-state index in [1.165, 1.54) is 6.07 Å². The molecule has 0 radical (unpaired) electrons. The molecule has 2 rings (SSSR count). The van der Waals surface area contributed by atoms with Crippen molar-refractivity contribution in [1.29, 1.82) is 0 Å². The number of carbonyl (C=O) groups is 1. The van der Waals surface area contributed by atoms with Gasteiger partial charge in [-0.2, -0.15) is 4.31 Å². The number of hydrogen-bond donors (Lipinski definition) is 2. The van der Waals surface area contributed by atoms with Crippen LogP contribution in [0.4, 0.5) is 0 Å². The smallest absolute Gasteiger partial charge is 0.322 e. The molecule has 0 aromatic carbocycles. The minimum absolute atomic E-state index is 0.0689. The molecule has 0 aliphatic carbocycles. The van der Waals surface area contributed by atoms with Crippen LogP contribution in [-0.4, -0.2) is 47.6 Å². The molecular formula is C11H15NO5S2. The van der Waals surface area contributed by atoms with Gasteiger partial charge in [0.15, 0.2) is 0 Å². The molecule has 1 aliphatic heterocycles. The predicted molar refractivity (Wildman–Crippen MR) is 69.6 cm³/mol. The Balaban J connectivity index is 2.35. The first kappa shape index (κ1) is 14.4. The van der Waals surface area contributed by atoms with E-state index in [-0.39, 0.29) is 17.2 Å². The molecular weight excluding hydrogens is 290 g/mol. The monoisotopic (exact) mass is 305 g/mol. The number of carboxylic acids is 1. The maximum absolute atomic E-state index is 12.4. The molecule has 0 unspecified atom stereocenters. The third kappa shape index (κ3) is 2.66. The first-order valence-electron chi connectivity index (χ1n) is 5.87. The number of β-amino-alcohol motifs (C(OH)–C–C–N with tert-alkyl or cyclic N) is 1. The highest BCUT2D eigenvalue weighted by atomic mass is 32.2. The second-order valence-electron chi connectivity index (χ2n) is 4.39. The van der Waals surface area contributed by atoms with Gasteiger partial charge in [-0.25, -0.2) is 8.42 Å². The van der Waals surface area contributed by atoms with Crippen LogP contribution in [0.25, 0.3) is 0 Å². The van der Waals surface area contributed by atoms with Gasteiger partial charge in [-0.05, 0) is 18.6 Å². The van der Waals surface area contributed by atoms with Gasteiger partial charge in [-0.15, -0.1) is 11.3 Å². The number of sulfonamides is 1. The van der Waals surface area contributed by atoms with Crippen LogP contribution in [0.1, 0.15) is 18.2 Å². The van der Waals surface area contributed by atoms with Crippen molar-refractivity contribution in [2.45, 2.75) is 36.1 Å². The molecule has 0 amide bonds. The van der Waals surface area contributed by atoms with Gasteiger partial charge >= 0.3 is 5.97 Å². The summed E-state index contributed by atoms with van der Waals surface area (Å²) in [6.07, 6.45) is -0.271. The molecule has 2 heterocycles. The lowest BCUT2D eigenvalue weighted by molar-refractivity contribution is -0.140. The summed E-state index contributed by atoms with van der Waals surface area (Å²) in [6, 6.07) is 2.02. The van der Waals surface area contributed by atoms with Crippen LogP contribution in [0, 0.1) is 0 Å². The second-order valence-corrected chi connectivity index (χ2v) is 7.68. The normalized spacial score (nSPS) is 24.7. The molecule has 1 fully saturated rings. The number of carboxylic acid groups (broad SMARTS) is 1. The van der Waals surface area contributed by atoms with Gasteiger partial charge in [0.1, 0.15) is 10.3 Å². The van der Waals surface area contributed by atoms with Crippen molar-refractivity contribution in [3.05, 3.63) is 17.0 Å². The molecule has 1 aliphatic rings. The standard InChI is InChI=1S/C11H15NO5S2/c1-2-8-3-4-10(18-8)19(16,17)12-6-7(13)5-9(12)11(14)15/h3-4,7,9,13H,2,5-6H2,1H3,(H,14,15)/t7-,9-/m1/s1. The van der Waals surface area contributed by atoms with Crippen LogP contribution in [-0.2, 0) is 21.2 Å². The van der Waals surface area contributed by atoms with E-state index in [0.717, 1.165) is 26.9 Å². The quantitative estimate of drug-likeness (QED) is 0.845. The van der Waals surface area contributed by atoms with Gasteiger partial charge in [0.2, 0.25) is 0 Å². The largest absolute Gasteiger partial charge is 0.480 e. The molecule has 19 heavy (non-hydrogen) atoms. The number of aliphatic hydroxyl groups is 1. The highest BCUT2D eigenvalue weighted by Gasteiger charge is 2.43. The molecule has 8 heteroatoms. The molecule has 106 valence electrons. The lowest BCUT2D eigenvalue weighted by atomic mass is 10.2. The zero-order valence-electron chi connectivity index (χ0n) is 10.3. The minimum atomic E-state index is -3.84. The average Bonchev–Trinajstić information content (AvgIpc) is 2.94. The van der Waals surface area contributed by atoms with Gasteiger partial charge in [0, 0.05) is 17.8 Å². The highest BCUT2D eigenvalue weighted by molar-refractivity contribution is 7.91. The minimum Gasteiger partial charge on any atom is -0.480 e. The lowest BCUT2D eigenvalue weighted by Crippen LogP contribution is -2.40. The van der Waals surface area contributed by atoms with Gasteiger partial charge < -0.3 is 10.2 Å². The maximum atomic E-state index is 12.4. The summed E-state index contributed by atoms with van der Waals surface area (Å²) in [7, 11) is -3.84. The van der Waals surface area contributed by atoms with E-state index in [1.807, 2.05) is 6.92 Å². The summed E-state index contributed by atoms with van der Waals surface area (Å²) in [5, 5.41) is 18.6. The number of aryl methyl sites for hydroxylation is 1. The van der Waals surface area contributed by atoms with Crippen LogP contribution >= 0.6 is 11.3 Å². The van der Waals surface area contributed by atoms with Gasteiger partial charge in [-0.1, -0.05) is 6.92 Å². The number of aliphatic carboxylic acids is 1. The van der Waals surface area contributed by atoms with Gasteiger partial charge in [0.25, 0.3) is 10.0 Å². The molecule has 6 nitrogen and oxygen atoms in total. The Morgan fingerprint density at radius 3 is 2.74 bits per heavy atom. The van der Waals surface area contributed by atoms with Crippen LogP contribution in [0.3, 0.4) is 0 Å². The summed E-state index contributed by atoms with van der Waals surface area (Å²) < 4.78 is 25.8. The van der Waals surface area contributed by atoms with E-state index >= 15 is 0 Å². The van der Waals surface area contributed by atoms with Crippen LogP contribution < -0.4 is 0 Å². The summed E-state index contributed by atoms with van der Waals surface area (Å²) in [5.74, 6) is -1.23. The lowest BCUT2D eigenvalue weighted by Gasteiger charge is -2.19. The number of aliphatic hydroxyl groups excluding tert-OH is 1. The van der Waals surface area contributed by atoms with E-state index in [9.17, 15) is 18.3 Å². The fourth-order valence-corrected chi connectivity index (χ4v) is 5.13. The first-order chi connectivity index (χ1) is 8.86. The molecule has 0 saturated carbocycles. The fraction of sp³-hybridized carbons (Fsp3) is 0.545. The number of thiophene rings is 1. The maximum Gasteiger partial charge on any atom is 0.322 e. The molecule has 1 aromatic heterocycles. The van der Waals surface area contributed by atoms with Crippen LogP contribution in [0.15, 0.2) is 16.3 Å². The van der Waals surface area contributed by atoms with Crippen LogP contribution in [0.2, 0.25) is 0 Å². The zero-order valence-corrected chi connectivity index (χ0v) is 11.9. The Kier molecular flexibility index (Phi) is 3.95. The van der Waals surface area contributed by atoms with E-state index in [2.05, 4.69) is 0 Å². The van der Waals surface area contributed by atoms with Crippen molar-refractivity contribution in [3.63, 3.8) is 0 Å². The second kappa shape index (κ2) is 5.20. The third-order valence-electron chi connectivity index (χ3n) is 3.07. The topological polar surface area (TPSA) is 94.9 Å². The third-order valence-corrected chi connectivity index (χ3v) is 6.64. The predicted octanol–water partition coefficient (Wildman–Crippen LogP) is 0.519. The summed E-state index contributed by atoms with van der Waals surface area (Å²) in [5.41, 5.74) is 0. The number of nitrogens with zero attached hydrogens (tertiary/aromatic N) is 1. The highest BCUT2D eigenvalue weighted by Crippen LogP contribution is 2.30. The van der Waals surface area contributed by atoms with E-state index in [1.54, 1.807) is 6.07 Å². The van der Waals surface area contributed by atoms with Crippen molar-refractivity contribution in [2.75, 3.05) is 6.54 Å². The Hall–Kier alpha value is -0.960. The Morgan fingerprint density at radius 1 is 1.53 bits per heavy atom. The van der Waals surface area contributed by atoms with E-state index in [0.29, 0.717) is 0 Å².